The predicted octanol–water partition coefficient (Wildman–Crippen LogP) is 2.46. The van der Waals surface area contributed by atoms with Crippen molar-refractivity contribution in [1.82, 2.24) is 0 Å². The minimum absolute atomic E-state index is 0.367. The van der Waals surface area contributed by atoms with Crippen molar-refractivity contribution in [2.45, 2.75) is 13.8 Å². The van der Waals surface area contributed by atoms with Crippen LogP contribution in [0.5, 0.6) is 0 Å². The summed E-state index contributed by atoms with van der Waals surface area (Å²) in [6, 6.07) is 0. The van der Waals surface area contributed by atoms with Crippen molar-refractivity contribution in [3.8, 4) is 0 Å². The van der Waals surface area contributed by atoms with E-state index in [4.69, 9.17) is 0 Å². The zero-order valence-electron chi connectivity index (χ0n) is 5.69. The fourth-order valence-electron chi connectivity index (χ4n) is 0.250. The molecule has 0 bridgehead atoms. The van der Waals surface area contributed by atoms with E-state index in [-0.39, 0.29) is 5.83 Å². The first kappa shape index (κ1) is 8.08. The van der Waals surface area contributed by atoms with E-state index >= 15 is 0 Å². The molecule has 0 fully saturated rings. The van der Waals surface area contributed by atoms with E-state index in [0.29, 0.717) is 5.57 Å². The monoisotopic (exact) mass is 127 g/mol. The Hall–Kier alpha value is -0.920. The highest BCUT2D eigenvalue weighted by Crippen LogP contribution is 2.06. The molecule has 0 atom stereocenters. The summed E-state index contributed by atoms with van der Waals surface area (Å²) in [5.74, 6) is -0.367. The van der Waals surface area contributed by atoms with Crippen LogP contribution >= 0.6 is 0 Å². The van der Waals surface area contributed by atoms with Crippen LogP contribution in [0, 0.1) is 0 Å². The number of rotatable bonds is 2. The standard InChI is InChI=1S/C7H10FN/c1-4-9-5-7(8)6(2)3/h4-5H,2H2,1,3H3/b7-5+,9-4?. The molecule has 0 aliphatic heterocycles. The van der Waals surface area contributed by atoms with Crippen LogP contribution in [0.1, 0.15) is 13.8 Å². The third-order valence-electron chi connectivity index (χ3n) is 0.745. The molecule has 0 aromatic heterocycles. The summed E-state index contributed by atoms with van der Waals surface area (Å²) in [5.41, 5.74) is 0.403. The maximum atomic E-state index is 12.4. The summed E-state index contributed by atoms with van der Waals surface area (Å²) in [4.78, 5) is 3.57. The second kappa shape index (κ2) is 4.01. The van der Waals surface area contributed by atoms with Gasteiger partial charge in [0.05, 0.1) is 6.20 Å². The molecule has 0 heterocycles. The smallest absolute Gasteiger partial charge is 0.143 e. The Kier molecular flexibility index (Phi) is 3.60. The van der Waals surface area contributed by atoms with Gasteiger partial charge in [-0.05, 0) is 19.4 Å². The average molecular weight is 127 g/mol. The van der Waals surface area contributed by atoms with Gasteiger partial charge in [0.15, 0.2) is 0 Å². The highest BCUT2D eigenvalue weighted by atomic mass is 19.1. The molecular weight excluding hydrogens is 117 g/mol. The van der Waals surface area contributed by atoms with Crippen molar-refractivity contribution in [3.05, 3.63) is 24.2 Å². The van der Waals surface area contributed by atoms with Crippen molar-refractivity contribution in [1.29, 1.82) is 0 Å². The van der Waals surface area contributed by atoms with E-state index in [1.807, 2.05) is 0 Å². The molecule has 2 heteroatoms. The molecule has 0 radical (unpaired) electrons. The third kappa shape index (κ3) is 3.64. The zero-order valence-corrected chi connectivity index (χ0v) is 5.69. The molecular formula is C7H10FN. The van der Waals surface area contributed by atoms with Crippen molar-refractivity contribution in [2.24, 2.45) is 4.99 Å². The first-order valence-corrected chi connectivity index (χ1v) is 2.67. The van der Waals surface area contributed by atoms with Crippen LogP contribution in [0.4, 0.5) is 4.39 Å². The van der Waals surface area contributed by atoms with E-state index in [1.165, 1.54) is 6.21 Å². The number of allylic oxidation sites excluding steroid dienone is 2. The molecule has 0 aromatic rings. The summed E-state index contributed by atoms with van der Waals surface area (Å²) in [7, 11) is 0. The minimum atomic E-state index is -0.367. The molecule has 0 aromatic carbocycles. The Morgan fingerprint density at radius 2 is 2.22 bits per heavy atom. The molecule has 1 nitrogen and oxygen atoms in total. The topological polar surface area (TPSA) is 12.4 Å². The molecule has 0 aliphatic rings. The lowest BCUT2D eigenvalue weighted by Crippen LogP contribution is -1.71. The Morgan fingerprint density at radius 3 is 2.56 bits per heavy atom. The summed E-state index contributed by atoms with van der Waals surface area (Å²) < 4.78 is 12.4. The molecule has 0 saturated heterocycles. The van der Waals surface area contributed by atoms with Gasteiger partial charge in [0.2, 0.25) is 0 Å². The Balaban J connectivity index is 4.00. The van der Waals surface area contributed by atoms with Gasteiger partial charge in [-0.15, -0.1) is 0 Å². The predicted molar refractivity (Wildman–Crippen MR) is 38.2 cm³/mol. The molecule has 0 amide bonds. The fourth-order valence-corrected chi connectivity index (χ4v) is 0.250. The lowest BCUT2D eigenvalue weighted by molar-refractivity contribution is 0.649. The lowest BCUT2D eigenvalue weighted by Gasteiger charge is -1.87. The first-order chi connectivity index (χ1) is 4.18. The molecule has 0 unspecified atom stereocenters. The summed E-state index contributed by atoms with van der Waals surface area (Å²) in [6.45, 7) is 6.71. The highest BCUT2D eigenvalue weighted by Gasteiger charge is 1.89. The normalized spacial score (nSPS) is 12.6. The van der Waals surface area contributed by atoms with Gasteiger partial charge in [0.25, 0.3) is 0 Å². The molecule has 0 saturated carbocycles. The van der Waals surface area contributed by atoms with Gasteiger partial charge < -0.3 is 0 Å². The Morgan fingerprint density at radius 1 is 1.67 bits per heavy atom. The van der Waals surface area contributed by atoms with Gasteiger partial charge in [-0.2, -0.15) is 0 Å². The van der Waals surface area contributed by atoms with Crippen molar-refractivity contribution in [2.75, 3.05) is 0 Å². The third-order valence-corrected chi connectivity index (χ3v) is 0.745. The molecule has 0 spiro atoms. The largest absolute Gasteiger partial charge is 0.266 e. The lowest BCUT2D eigenvalue weighted by atomic mass is 10.3. The van der Waals surface area contributed by atoms with E-state index in [0.717, 1.165) is 6.20 Å². The highest BCUT2D eigenvalue weighted by molar-refractivity contribution is 5.54. The van der Waals surface area contributed by atoms with Gasteiger partial charge in [0, 0.05) is 6.21 Å². The van der Waals surface area contributed by atoms with Gasteiger partial charge >= 0.3 is 0 Å². The van der Waals surface area contributed by atoms with Crippen LogP contribution in [0.3, 0.4) is 0 Å². The second-order valence-electron chi connectivity index (χ2n) is 1.66. The minimum Gasteiger partial charge on any atom is -0.266 e. The molecule has 0 N–H and O–H groups in total. The first-order valence-electron chi connectivity index (χ1n) is 2.67. The quantitative estimate of drug-likeness (QED) is 0.399. The van der Waals surface area contributed by atoms with E-state index in [9.17, 15) is 4.39 Å². The zero-order chi connectivity index (χ0) is 7.28. The van der Waals surface area contributed by atoms with Crippen molar-refractivity contribution >= 4 is 6.21 Å². The average Bonchev–Trinajstić information content (AvgIpc) is 1.82. The number of hydrogen-bond acceptors (Lipinski definition) is 1. The van der Waals surface area contributed by atoms with E-state index in [1.54, 1.807) is 13.8 Å². The van der Waals surface area contributed by atoms with Gasteiger partial charge in [0.1, 0.15) is 5.83 Å². The van der Waals surface area contributed by atoms with E-state index in [2.05, 4.69) is 11.6 Å². The van der Waals surface area contributed by atoms with Crippen LogP contribution < -0.4 is 0 Å². The van der Waals surface area contributed by atoms with Crippen molar-refractivity contribution in [3.63, 3.8) is 0 Å². The summed E-state index contributed by atoms with van der Waals surface area (Å²) in [6.07, 6.45) is 2.66. The second-order valence-corrected chi connectivity index (χ2v) is 1.66. The summed E-state index contributed by atoms with van der Waals surface area (Å²) in [5, 5.41) is 0. The molecule has 9 heavy (non-hydrogen) atoms. The maximum Gasteiger partial charge on any atom is 0.143 e. The van der Waals surface area contributed by atoms with Gasteiger partial charge in [-0.3, -0.25) is 4.99 Å². The fraction of sp³-hybridized carbons (Fsp3) is 0.286. The van der Waals surface area contributed by atoms with Crippen LogP contribution in [0.15, 0.2) is 29.2 Å². The SMILES string of the molecule is C=C(C)/C(F)=C\N=CC. The summed E-state index contributed by atoms with van der Waals surface area (Å²) >= 11 is 0. The van der Waals surface area contributed by atoms with Crippen molar-refractivity contribution < 1.29 is 4.39 Å². The van der Waals surface area contributed by atoms with Crippen LogP contribution in [0.25, 0.3) is 0 Å². The maximum absolute atomic E-state index is 12.4. The van der Waals surface area contributed by atoms with Crippen LogP contribution in [-0.4, -0.2) is 6.21 Å². The van der Waals surface area contributed by atoms with Gasteiger partial charge in [-0.1, -0.05) is 6.58 Å². The van der Waals surface area contributed by atoms with Crippen LogP contribution in [-0.2, 0) is 0 Å². The van der Waals surface area contributed by atoms with Gasteiger partial charge in [-0.25, -0.2) is 4.39 Å². The number of aliphatic imine (C=N–C) groups is 1. The Bertz CT molecular complexity index is 156. The molecule has 0 rings (SSSR count). The van der Waals surface area contributed by atoms with E-state index < -0.39 is 0 Å². The van der Waals surface area contributed by atoms with Crippen LogP contribution in [0.2, 0.25) is 0 Å². The number of halogens is 1. The number of nitrogens with zero attached hydrogens (tertiary/aromatic N) is 1. The Labute approximate surface area is 54.6 Å². The molecule has 0 aliphatic carbocycles. The number of hydrogen-bond donors (Lipinski definition) is 0. The molecule has 50 valence electrons.